The summed E-state index contributed by atoms with van der Waals surface area (Å²) < 4.78 is 31.7. The van der Waals surface area contributed by atoms with Crippen molar-refractivity contribution >= 4 is 28.9 Å². The van der Waals surface area contributed by atoms with Crippen molar-refractivity contribution < 1.29 is 13.6 Å². The van der Waals surface area contributed by atoms with Crippen molar-refractivity contribution in [2.45, 2.75) is 25.6 Å². The molecule has 4 heterocycles. The molecule has 1 amide bonds. The number of nitrogens with zero attached hydrogens (tertiary/aromatic N) is 6. The minimum absolute atomic E-state index is 0.0778. The predicted molar refractivity (Wildman–Crippen MR) is 120 cm³/mol. The largest absolute Gasteiger partial charge is 0.373 e. The number of carbonyl (C=O) groups excluding carboxylic acids is 1. The lowest BCUT2D eigenvalue weighted by Crippen LogP contribution is -2.27. The Labute approximate surface area is 191 Å². The van der Waals surface area contributed by atoms with E-state index < -0.39 is 29.5 Å². The van der Waals surface area contributed by atoms with Gasteiger partial charge in [-0.3, -0.25) is 18.8 Å². The van der Waals surface area contributed by atoms with E-state index in [0.29, 0.717) is 5.82 Å². The molecule has 11 nitrogen and oxygen atoms in total. The molecule has 176 valence electrons. The Morgan fingerprint density at radius 1 is 1.26 bits per heavy atom. The smallest absolute Gasteiger partial charge is 0.280 e. The number of hydrogen-bond acceptors (Lipinski definition) is 7. The first-order valence-corrected chi connectivity index (χ1v) is 10.5. The van der Waals surface area contributed by atoms with Gasteiger partial charge in [-0.05, 0) is 6.92 Å². The average molecular weight is 469 g/mol. The Balaban J connectivity index is 1.54. The third kappa shape index (κ3) is 3.74. The third-order valence-electron chi connectivity index (χ3n) is 5.60. The van der Waals surface area contributed by atoms with Crippen LogP contribution in [0.4, 0.5) is 26.1 Å². The van der Waals surface area contributed by atoms with Crippen LogP contribution in [-0.2, 0) is 7.05 Å². The van der Waals surface area contributed by atoms with Gasteiger partial charge in [0.25, 0.3) is 11.5 Å². The van der Waals surface area contributed by atoms with E-state index in [9.17, 15) is 18.4 Å². The van der Waals surface area contributed by atoms with Crippen molar-refractivity contribution in [1.29, 1.82) is 0 Å². The number of fused-ring (bicyclic) bond motifs is 1. The molecule has 0 unspecified atom stereocenters. The Kier molecular flexibility index (Phi) is 5.03. The summed E-state index contributed by atoms with van der Waals surface area (Å²) in [6.07, 6.45) is 1.60. The van der Waals surface area contributed by atoms with Crippen LogP contribution in [0.2, 0.25) is 0 Å². The molecule has 1 saturated carbocycles. The molecular weight excluding hydrogens is 448 g/mol. The lowest BCUT2D eigenvalue weighted by Gasteiger charge is -2.11. The second-order valence-electron chi connectivity index (χ2n) is 8.04. The summed E-state index contributed by atoms with van der Waals surface area (Å²) in [6.45, 7) is 1.81. The van der Waals surface area contributed by atoms with Gasteiger partial charge < -0.3 is 16.0 Å². The fraction of sp³-hybridized carbons (Fsp3) is 0.286. The van der Waals surface area contributed by atoms with Crippen molar-refractivity contribution in [3.05, 3.63) is 58.0 Å². The molecular formula is C21H21F2N9O2. The summed E-state index contributed by atoms with van der Waals surface area (Å²) in [6, 6.07) is 3.75. The van der Waals surface area contributed by atoms with Gasteiger partial charge in [-0.2, -0.15) is 14.7 Å². The van der Waals surface area contributed by atoms with E-state index in [4.69, 9.17) is 0 Å². The Morgan fingerprint density at radius 2 is 2.03 bits per heavy atom. The van der Waals surface area contributed by atoms with Crippen LogP contribution in [0.5, 0.6) is 0 Å². The fourth-order valence-electron chi connectivity index (χ4n) is 3.53. The lowest BCUT2D eigenvalue weighted by molar-refractivity contribution is 0.0949. The Bertz CT molecular complexity index is 1470. The zero-order valence-corrected chi connectivity index (χ0v) is 18.5. The van der Waals surface area contributed by atoms with E-state index in [0.717, 1.165) is 22.5 Å². The van der Waals surface area contributed by atoms with E-state index in [1.54, 1.807) is 30.9 Å². The number of amides is 1. The number of hydrogen-bond donors (Lipinski definition) is 3. The van der Waals surface area contributed by atoms with Crippen LogP contribution in [0.3, 0.4) is 0 Å². The summed E-state index contributed by atoms with van der Waals surface area (Å²) in [5, 5.41) is 16.8. The predicted octanol–water partition coefficient (Wildman–Crippen LogP) is 1.69. The van der Waals surface area contributed by atoms with Crippen molar-refractivity contribution in [2.24, 2.45) is 7.05 Å². The highest BCUT2D eigenvalue weighted by Gasteiger charge is 2.39. The van der Waals surface area contributed by atoms with Crippen LogP contribution in [-0.4, -0.2) is 54.1 Å². The zero-order valence-electron chi connectivity index (χ0n) is 18.5. The van der Waals surface area contributed by atoms with Crippen LogP contribution in [0.25, 0.3) is 11.5 Å². The number of pyridine rings is 1. The first-order chi connectivity index (χ1) is 16.2. The van der Waals surface area contributed by atoms with Crippen LogP contribution < -0.4 is 21.5 Å². The highest BCUT2D eigenvalue weighted by molar-refractivity contribution is 6.00. The zero-order chi connectivity index (χ0) is 24.1. The van der Waals surface area contributed by atoms with Gasteiger partial charge in [-0.1, -0.05) is 0 Å². The standard InChI is InChI=1S/C21H21F2N9O2/c1-10-4-18(29-30(10)3)31-9-11(22)5-15(21(31)34)26-16-7-17(24-2)32-19(28-16)12(8-25-32)20(33)27-14-6-13(14)23/h4-5,7-9,13-14,24H,6H2,1-3H3,(H,26,28)(H,27,33)/t13-,14+/m1/s1. The number of aromatic nitrogens is 6. The Morgan fingerprint density at radius 3 is 2.68 bits per heavy atom. The van der Waals surface area contributed by atoms with E-state index in [1.807, 2.05) is 6.92 Å². The second-order valence-corrected chi connectivity index (χ2v) is 8.04. The van der Waals surface area contributed by atoms with Crippen LogP contribution in [0.1, 0.15) is 22.5 Å². The number of aryl methyl sites for hydroxylation is 2. The van der Waals surface area contributed by atoms with Gasteiger partial charge in [0.2, 0.25) is 0 Å². The molecule has 3 N–H and O–H groups in total. The average Bonchev–Trinajstić information content (AvgIpc) is 3.17. The van der Waals surface area contributed by atoms with E-state index in [-0.39, 0.29) is 35.0 Å². The first kappa shape index (κ1) is 21.6. The van der Waals surface area contributed by atoms with Crippen LogP contribution in [0.15, 0.2) is 35.4 Å². The molecule has 13 heteroatoms. The summed E-state index contributed by atoms with van der Waals surface area (Å²) >= 11 is 0. The molecule has 1 fully saturated rings. The SMILES string of the molecule is CNc1cc(Nc2cc(F)cn(-c3cc(C)n(C)n3)c2=O)nc2c(C(=O)N[C@H]3C[C@H]3F)cnn12. The summed E-state index contributed by atoms with van der Waals surface area (Å²) in [5.41, 5.74) is 0.496. The number of carbonyl (C=O) groups is 1. The number of rotatable bonds is 6. The molecule has 5 rings (SSSR count). The third-order valence-corrected chi connectivity index (χ3v) is 5.60. The number of halogens is 2. The molecule has 0 spiro atoms. The molecule has 0 saturated heterocycles. The molecule has 0 aromatic carbocycles. The fourth-order valence-corrected chi connectivity index (χ4v) is 3.53. The van der Waals surface area contributed by atoms with E-state index in [2.05, 4.69) is 31.1 Å². The van der Waals surface area contributed by atoms with Crippen molar-refractivity contribution in [3.63, 3.8) is 0 Å². The maximum absolute atomic E-state index is 14.4. The maximum atomic E-state index is 14.4. The normalized spacial score (nSPS) is 17.1. The van der Waals surface area contributed by atoms with Gasteiger partial charge in [-0.15, -0.1) is 0 Å². The van der Waals surface area contributed by atoms with E-state index >= 15 is 0 Å². The minimum Gasteiger partial charge on any atom is -0.373 e. The number of nitrogens with one attached hydrogen (secondary N) is 3. The second kappa shape index (κ2) is 7.93. The van der Waals surface area contributed by atoms with Gasteiger partial charge >= 0.3 is 0 Å². The van der Waals surface area contributed by atoms with Gasteiger partial charge in [0.05, 0.1) is 18.4 Å². The van der Waals surface area contributed by atoms with Crippen molar-refractivity contribution in [2.75, 3.05) is 17.7 Å². The maximum Gasteiger partial charge on any atom is 0.280 e. The van der Waals surface area contributed by atoms with Gasteiger partial charge in [-0.25, -0.2) is 13.8 Å². The van der Waals surface area contributed by atoms with Crippen molar-refractivity contribution in [3.8, 4) is 5.82 Å². The molecule has 0 radical (unpaired) electrons. The lowest BCUT2D eigenvalue weighted by atomic mass is 10.3. The molecule has 0 aliphatic heterocycles. The summed E-state index contributed by atoms with van der Waals surface area (Å²) in [5.74, 6) is -0.264. The highest BCUT2D eigenvalue weighted by Crippen LogP contribution is 2.26. The monoisotopic (exact) mass is 469 g/mol. The first-order valence-electron chi connectivity index (χ1n) is 10.5. The van der Waals surface area contributed by atoms with Crippen LogP contribution >= 0.6 is 0 Å². The van der Waals surface area contributed by atoms with Crippen molar-refractivity contribution in [1.82, 2.24) is 34.3 Å². The topological polar surface area (TPSA) is 123 Å². The number of alkyl halides is 1. The summed E-state index contributed by atoms with van der Waals surface area (Å²) in [4.78, 5) is 30.1. The van der Waals surface area contributed by atoms with E-state index in [1.165, 1.54) is 10.7 Å². The van der Waals surface area contributed by atoms with Crippen LogP contribution in [0, 0.1) is 12.7 Å². The summed E-state index contributed by atoms with van der Waals surface area (Å²) in [7, 11) is 3.37. The number of anilines is 3. The quantitative estimate of drug-likeness (QED) is 0.393. The molecule has 4 aromatic heterocycles. The molecule has 0 bridgehead atoms. The highest BCUT2D eigenvalue weighted by atomic mass is 19.1. The minimum atomic E-state index is -1.05. The molecule has 34 heavy (non-hydrogen) atoms. The molecule has 1 aliphatic carbocycles. The Hall–Kier alpha value is -4.29. The molecule has 4 aromatic rings. The van der Waals surface area contributed by atoms with Gasteiger partial charge in [0, 0.05) is 44.4 Å². The van der Waals surface area contributed by atoms with Gasteiger partial charge in [0.15, 0.2) is 11.5 Å². The molecule has 2 atom stereocenters. The molecule has 1 aliphatic rings. The van der Waals surface area contributed by atoms with Gasteiger partial charge in [0.1, 0.15) is 34.9 Å².